The Bertz CT molecular complexity index is 545. The van der Waals surface area contributed by atoms with Gasteiger partial charge in [0, 0.05) is 17.3 Å². The molecular formula is C17H25N3. The van der Waals surface area contributed by atoms with Crippen LogP contribution in [0.5, 0.6) is 0 Å². The molecule has 1 aromatic carbocycles. The van der Waals surface area contributed by atoms with Crippen molar-refractivity contribution in [3.63, 3.8) is 0 Å². The van der Waals surface area contributed by atoms with Gasteiger partial charge in [0.25, 0.3) is 0 Å². The number of fused-ring (bicyclic) bond motifs is 1. The zero-order valence-electron chi connectivity index (χ0n) is 12.9. The number of rotatable bonds is 6. The van der Waals surface area contributed by atoms with Gasteiger partial charge in [0.15, 0.2) is 0 Å². The molecular weight excluding hydrogens is 246 g/mol. The van der Waals surface area contributed by atoms with Crippen molar-refractivity contribution in [2.75, 3.05) is 6.54 Å². The lowest BCUT2D eigenvalue weighted by molar-refractivity contribution is 0.378. The molecule has 2 rings (SSSR count). The third-order valence-electron chi connectivity index (χ3n) is 3.91. The van der Waals surface area contributed by atoms with E-state index < -0.39 is 0 Å². The average Bonchev–Trinajstić information content (AvgIpc) is 2.45. The summed E-state index contributed by atoms with van der Waals surface area (Å²) in [6, 6.07) is 8.72. The number of aromatic nitrogens is 2. The van der Waals surface area contributed by atoms with Crippen molar-refractivity contribution in [1.29, 1.82) is 0 Å². The quantitative estimate of drug-likeness (QED) is 0.869. The van der Waals surface area contributed by atoms with Crippen LogP contribution >= 0.6 is 0 Å². The van der Waals surface area contributed by atoms with Gasteiger partial charge in [0.1, 0.15) is 0 Å². The lowest BCUT2D eigenvalue weighted by Crippen LogP contribution is -2.35. The van der Waals surface area contributed by atoms with Crippen LogP contribution in [-0.4, -0.2) is 22.8 Å². The first kappa shape index (κ1) is 14.9. The van der Waals surface area contributed by atoms with Gasteiger partial charge >= 0.3 is 0 Å². The zero-order chi connectivity index (χ0) is 14.5. The van der Waals surface area contributed by atoms with Crippen molar-refractivity contribution in [1.82, 2.24) is 15.5 Å². The maximum absolute atomic E-state index is 4.23. The monoisotopic (exact) mass is 271 g/mol. The zero-order valence-corrected chi connectivity index (χ0v) is 12.9. The Morgan fingerprint density at radius 3 is 2.60 bits per heavy atom. The van der Waals surface area contributed by atoms with Crippen LogP contribution < -0.4 is 5.32 Å². The second kappa shape index (κ2) is 6.80. The first-order chi connectivity index (χ1) is 9.65. The SMILES string of the molecule is CCCNC(C)C(c1cnnc2ccccc12)C(C)C. The van der Waals surface area contributed by atoms with E-state index in [0.29, 0.717) is 17.9 Å². The number of benzene rings is 1. The highest BCUT2D eigenvalue weighted by molar-refractivity contribution is 5.81. The minimum absolute atomic E-state index is 0.433. The lowest BCUT2D eigenvalue weighted by Gasteiger charge is -2.29. The highest BCUT2D eigenvalue weighted by Crippen LogP contribution is 2.32. The maximum atomic E-state index is 4.23. The number of hydrogen-bond donors (Lipinski definition) is 1. The largest absolute Gasteiger partial charge is 0.314 e. The van der Waals surface area contributed by atoms with Crippen LogP contribution in [0.2, 0.25) is 0 Å². The number of nitrogens with zero attached hydrogens (tertiary/aromatic N) is 2. The van der Waals surface area contributed by atoms with Gasteiger partial charge in [-0.05, 0) is 37.4 Å². The summed E-state index contributed by atoms with van der Waals surface area (Å²) in [4.78, 5) is 0. The van der Waals surface area contributed by atoms with Crippen molar-refractivity contribution >= 4 is 10.9 Å². The predicted octanol–water partition coefficient (Wildman–Crippen LogP) is 3.76. The standard InChI is InChI=1S/C17H25N3/c1-5-10-18-13(4)17(12(2)3)15-11-19-20-16-9-7-6-8-14(15)16/h6-9,11-13,17-18H,5,10H2,1-4H3. The molecule has 0 bridgehead atoms. The maximum Gasteiger partial charge on any atom is 0.0932 e. The van der Waals surface area contributed by atoms with Gasteiger partial charge in [0.2, 0.25) is 0 Å². The van der Waals surface area contributed by atoms with Crippen LogP contribution in [0.1, 0.15) is 45.6 Å². The fourth-order valence-corrected chi connectivity index (χ4v) is 3.00. The third-order valence-corrected chi connectivity index (χ3v) is 3.91. The summed E-state index contributed by atoms with van der Waals surface area (Å²) in [5, 5.41) is 13.3. The summed E-state index contributed by atoms with van der Waals surface area (Å²) in [6.45, 7) is 10.1. The summed E-state index contributed by atoms with van der Waals surface area (Å²) in [6.07, 6.45) is 3.10. The molecule has 1 aromatic heterocycles. The van der Waals surface area contributed by atoms with Crippen molar-refractivity contribution in [3.8, 4) is 0 Å². The second-order valence-corrected chi connectivity index (χ2v) is 5.83. The third kappa shape index (κ3) is 3.15. The average molecular weight is 271 g/mol. The minimum atomic E-state index is 0.433. The summed E-state index contributed by atoms with van der Waals surface area (Å²) in [5.74, 6) is 1.00. The van der Waals surface area contributed by atoms with E-state index in [9.17, 15) is 0 Å². The molecule has 3 heteroatoms. The molecule has 0 aliphatic carbocycles. The van der Waals surface area contributed by atoms with E-state index in [1.807, 2.05) is 18.3 Å². The molecule has 0 aliphatic heterocycles. The van der Waals surface area contributed by atoms with Crippen LogP contribution in [0, 0.1) is 5.92 Å². The molecule has 1 heterocycles. The van der Waals surface area contributed by atoms with Crippen molar-refractivity contribution in [3.05, 3.63) is 36.0 Å². The molecule has 2 unspecified atom stereocenters. The smallest absolute Gasteiger partial charge is 0.0932 e. The summed E-state index contributed by atoms with van der Waals surface area (Å²) >= 11 is 0. The molecule has 108 valence electrons. The fraction of sp³-hybridized carbons (Fsp3) is 0.529. The summed E-state index contributed by atoms with van der Waals surface area (Å²) < 4.78 is 0. The topological polar surface area (TPSA) is 37.8 Å². The van der Waals surface area contributed by atoms with Gasteiger partial charge in [-0.3, -0.25) is 0 Å². The van der Waals surface area contributed by atoms with E-state index in [1.54, 1.807) is 0 Å². The van der Waals surface area contributed by atoms with Gasteiger partial charge in [-0.1, -0.05) is 39.0 Å². The van der Waals surface area contributed by atoms with Gasteiger partial charge in [0.05, 0.1) is 11.7 Å². The predicted molar refractivity (Wildman–Crippen MR) is 84.9 cm³/mol. The molecule has 0 spiro atoms. The van der Waals surface area contributed by atoms with Crippen LogP contribution in [0.15, 0.2) is 30.5 Å². The Morgan fingerprint density at radius 1 is 1.15 bits per heavy atom. The highest BCUT2D eigenvalue weighted by atomic mass is 15.1. The molecule has 0 amide bonds. The first-order valence-electron chi connectivity index (χ1n) is 7.58. The van der Waals surface area contributed by atoms with E-state index in [2.05, 4.69) is 55.3 Å². The molecule has 3 nitrogen and oxygen atoms in total. The Labute approximate surface area is 121 Å². The van der Waals surface area contributed by atoms with Gasteiger partial charge in [-0.15, -0.1) is 0 Å². The number of hydrogen-bond acceptors (Lipinski definition) is 3. The highest BCUT2D eigenvalue weighted by Gasteiger charge is 2.24. The fourth-order valence-electron chi connectivity index (χ4n) is 3.00. The first-order valence-corrected chi connectivity index (χ1v) is 7.58. The Morgan fingerprint density at radius 2 is 1.90 bits per heavy atom. The van der Waals surface area contributed by atoms with Gasteiger partial charge in [-0.25, -0.2) is 0 Å². The van der Waals surface area contributed by atoms with Crippen LogP contribution in [0.4, 0.5) is 0 Å². The van der Waals surface area contributed by atoms with E-state index in [0.717, 1.165) is 18.5 Å². The Hall–Kier alpha value is -1.48. The molecule has 2 aromatic rings. The van der Waals surface area contributed by atoms with Crippen LogP contribution in [-0.2, 0) is 0 Å². The molecule has 0 radical (unpaired) electrons. The molecule has 0 saturated carbocycles. The van der Waals surface area contributed by atoms with E-state index in [-0.39, 0.29) is 0 Å². The van der Waals surface area contributed by atoms with E-state index >= 15 is 0 Å². The van der Waals surface area contributed by atoms with Crippen LogP contribution in [0.25, 0.3) is 10.9 Å². The minimum Gasteiger partial charge on any atom is -0.314 e. The normalized spacial score (nSPS) is 14.7. The Kier molecular flexibility index (Phi) is 5.07. The van der Waals surface area contributed by atoms with Gasteiger partial charge in [-0.2, -0.15) is 10.2 Å². The second-order valence-electron chi connectivity index (χ2n) is 5.83. The Balaban J connectivity index is 2.41. The van der Waals surface area contributed by atoms with E-state index in [4.69, 9.17) is 0 Å². The van der Waals surface area contributed by atoms with Gasteiger partial charge < -0.3 is 5.32 Å². The summed E-state index contributed by atoms with van der Waals surface area (Å²) in [7, 11) is 0. The van der Waals surface area contributed by atoms with E-state index in [1.165, 1.54) is 10.9 Å². The van der Waals surface area contributed by atoms with Crippen LogP contribution in [0.3, 0.4) is 0 Å². The number of nitrogens with one attached hydrogen (secondary N) is 1. The molecule has 2 atom stereocenters. The molecule has 0 fully saturated rings. The molecule has 0 aliphatic rings. The molecule has 1 N–H and O–H groups in total. The van der Waals surface area contributed by atoms with Crippen molar-refractivity contribution in [2.24, 2.45) is 5.92 Å². The lowest BCUT2D eigenvalue weighted by atomic mass is 9.82. The van der Waals surface area contributed by atoms with Crippen molar-refractivity contribution in [2.45, 2.75) is 46.1 Å². The molecule has 0 saturated heterocycles. The molecule has 20 heavy (non-hydrogen) atoms. The van der Waals surface area contributed by atoms with Crippen molar-refractivity contribution < 1.29 is 0 Å². The summed E-state index contributed by atoms with van der Waals surface area (Å²) in [5.41, 5.74) is 2.29.